The molecule has 0 atom stereocenters. The van der Waals surface area contributed by atoms with Crippen LogP contribution < -0.4 is 5.73 Å². The van der Waals surface area contributed by atoms with Gasteiger partial charge in [-0.15, -0.1) is 0 Å². The number of nitrogens with two attached hydrogens (primary N) is 1. The third kappa shape index (κ3) is 2.71. The van der Waals surface area contributed by atoms with E-state index >= 15 is 0 Å². The van der Waals surface area contributed by atoms with Crippen LogP contribution in [0.15, 0.2) is 52.5 Å². The number of carbonyl (C=O) groups is 1. The van der Waals surface area contributed by atoms with Gasteiger partial charge in [0.25, 0.3) is 0 Å². The number of esters is 1. The van der Waals surface area contributed by atoms with Gasteiger partial charge >= 0.3 is 5.97 Å². The Balaban J connectivity index is 1.94. The second-order valence-electron chi connectivity index (χ2n) is 4.41. The Morgan fingerprint density at radius 1 is 1.29 bits per heavy atom. The van der Waals surface area contributed by atoms with Crippen LogP contribution >= 0.6 is 11.8 Å². The van der Waals surface area contributed by atoms with E-state index in [-0.39, 0.29) is 5.97 Å². The molecule has 3 N–H and O–H groups in total. The van der Waals surface area contributed by atoms with E-state index in [0.29, 0.717) is 11.3 Å². The number of nitrogens with one attached hydrogen (secondary N) is 1. The highest BCUT2D eigenvalue weighted by Gasteiger charge is 2.11. The summed E-state index contributed by atoms with van der Waals surface area (Å²) in [6.45, 7) is 0. The molecule has 0 spiro atoms. The number of imidazole rings is 1. The summed E-state index contributed by atoms with van der Waals surface area (Å²) in [5, 5.41) is 0.727. The van der Waals surface area contributed by atoms with E-state index in [9.17, 15) is 4.79 Å². The maximum absolute atomic E-state index is 11.6. The molecule has 0 fully saturated rings. The summed E-state index contributed by atoms with van der Waals surface area (Å²) in [7, 11) is 1.35. The Morgan fingerprint density at radius 3 is 2.86 bits per heavy atom. The number of benzene rings is 2. The lowest BCUT2D eigenvalue weighted by Crippen LogP contribution is -2.02. The van der Waals surface area contributed by atoms with Gasteiger partial charge in [0, 0.05) is 10.6 Å². The molecule has 0 aliphatic carbocycles. The summed E-state index contributed by atoms with van der Waals surface area (Å²) in [6.07, 6.45) is 0. The van der Waals surface area contributed by atoms with Gasteiger partial charge in [-0.2, -0.15) is 0 Å². The van der Waals surface area contributed by atoms with Crippen molar-refractivity contribution in [3.05, 3.63) is 48.0 Å². The lowest BCUT2D eigenvalue weighted by Gasteiger charge is -2.05. The number of hydrogen-bond acceptors (Lipinski definition) is 5. The summed E-state index contributed by atoms with van der Waals surface area (Å²) in [6, 6.07) is 12.8. The number of aromatic amines is 1. The summed E-state index contributed by atoms with van der Waals surface area (Å²) in [5.74, 6) is -0.388. The molecule has 106 valence electrons. The van der Waals surface area contributed by atoms with Crippen LogP contribution in [0.5, 0.6) is 0 Å². The van der Waals surface area contributed by atoms with E-state index in [0.717, 1.165) is 21.1 Å². The lowest BCUT2D eigenvalue weighted by molar-refractivity contribution is 0.0600. The van der Waals surface area contributed by atoms with E-state index in [1.54, 1.807) is 18.2 Å². The lowest BCUT2D eigenvalue weighted by atomic mass is 10.2. The van der Waals surface area contributed by atoms with Gasteiger partial charge in [0.15, 0.2) is 5.16 Å². The fourth-order valence-corrected chi connectivity index (χ4v) is 2.83. The van der Waals surface area contributed by atoms with Crippen molar-refractivity contribution < 1.29 is 9.53 Å². The van der Waals surface area contributed by atoms with Crippen LogP contribution in [0.2, 0.25) is 0 Å². The first-order valence-corrected chi connectivity index (χ1v) is 7.09. The number of aromatic nitrogens is 2. The van der Waals surface area contributed by atoms with Crippen LogP contribution in [0.25, 0.3) is 11.0 Å². The molecule has 2 aromatic carbocycles. The average molecular weight is 299 g/mol. The predicted molar refractivity (Wildman–Crippen MR) is 82.4 cm³/mol. The molecule has 0 unspecified atom stereocenters. The Morgan fingerprint density at radius 2 is 2.10 bits per heavy atom. The van der Waals surface area contributed by atoms with Gasteiger partial charge in [-0.3, -0.25) is 0 Å². The number of rotatable bonds is 3. The van der Waals surface area contributed by atoms with E-state index in [4.69, 9.17) is 10.5 Å². The van der Waals surface area contributed by atoms with E-state index in [1.165, 1.54) is 18.9 Å². The molecule has 0 amide bonds. The molecule has 0 aliphatic heterocycles. The number of ether oxygens (including phenoxy) is 1. The summed E-state index contributed by atoms with van der Waals surface area (Å²) in [5.41, 5.74) is 8.86. The van der Waals surface area contributed by atoms with Gasteiger partial charge < -0.3 is 15.5 Å². The maximum Gasteiger partial charge on any atom is 0.337 e. The number of anilines is 1. The minimum Gasteiger partial charge on any atom is -0.465 e. The molecule has 3 rings (SSSR count). The van der Waals surface area contributed by atoms with Crippen molar-refractivity contribution in [3.8, 4) is 0 Å². The SMILES string of the molecule is COC(=O)c1ccc(N)c(Sc2nc3ccccc3[nH]2)c1. The average Bonchev–Trinajstić information content (AvgIpc) is 2.91. The zero-order chi connectivity index (χ0) is 14.8. The van der Waals surface area contributed by atoms with E-state index < -0.39 is 0 Å². The number of hydrogen-bond donors (Lipinski definition) is 2. The number of fused-ring (bicyclic) bond motifs is 1. The number of carbonyl (C=O) groups excluding carboxylic acids is 1. The predicted octanol–water partition coefficient (Wildman–Crippen LogP) is 3.08. The van der Waals surface area contributed by atoms with Crippen LogP contribution in [0.1, 0.15) is 10.4 Å². The highest BCUT2D eigenvalue weighted by molar-refractivity contribution is 7.99. The molecular weight excluding hydrogens is 286 g/mol. The molecule has 6 heteroatoms. The molecular formula is C15H13N3O2S. The summed E-state index contributed by atoms with van der Waals surface area (Å²) in [4.78, 5) is 20.0. The normalized spacial score (nSPS) is 10.7. The monoisotopic (exact) mass is 299 g/mol. The van der Waals surface area contributed by atoms with Crippen molar-refractivity contribution in [1.29, 1.82) is 0 Å². The molecule has 0 bridgehead atoms. The first kappa shape index (κ1) is 13.5. The van der Waals surface area contributed by atoms with Crippen LogP contribution in [-0.2, 0) is 4.74 Å². The smallest absolute Gasteiger partial charge is 0.337 e. The molecule has 3 aromatic rings. The van der Waals surface area contributed by atoms with Gasteiger partial charge in [-0.25, -0.2) is 9.78 Å². The zero-order valence-electron chi connectivity index (χ0n) is 11.3. The first-order chi connectivity index (χ1) is 10.2. The Bertz CT molecular complexity index is 781. The summed E-state index contributed by atoms with van der Waals surface area (Å²) < 4.78 is 4.72. The molecule has 5 nitrogen and oxygen atoms in total. The maximum atomic E-state index is 11.6. The van der Waals surface area contributed by atoms with Crippen molar-refractivity contribution in [2.45, 2.75) is 10.1 Å². The van der Waals surface area contributed by atoms with Crippen molar-refractivity contribution in [2.24, 2.45) is 0 Å². The molecule has 0 aliphatic rings. The van der Waals surface area contributed by atoms with Crippen molar-refractivity contribution in [2.75, 3.05) is 12.8 Å². The van der Waals surface area contributed by atoms with Crippen molar-refractivity contribution in [3.63, 3.8) is 0 Å². The minimum absolute atomic E-state index is 0.388. The van der Waals surface area contributed by atoms with E-state index in [1.807, 2.05) is 24.3 Å². The van der Waals surface area contributed by atoms with Gasteiger partial charge in [0.2, 0.25) is 0 Å². The molecule has 1 aromatic heterocycles. The largest absolute Gasteiger partial charge is 0.465 e. The second kappa shape index (κ2) is 5.49. The Kier molecular flexibility index (Phi) is 3.53. The number of H-pyrrole nitrogens is 1. The van der Waals surface area contributed by atoms with Crippen LogP contribution in [-0.4, -0.2) is 23.0 Å². The Hall–Kier alpha value is -2.47. The fourth-order valence-electron chi connectivity index (χ4n) is 1.95. The van der Waals surface area contributed by atoms with Gasteiger partial charge in [0.1, 0.15) is 0 Å². The highest BCUT2D eigenvalue weighted by atomic mass is 32.2. The first-order valence-electron chi connectivity index (χ1n) is 6.28. The second-order valence-corrected chi connectivity index (χ2v) is 5.44. The standard InChI is InChI=1S/C15H13N3O2S/c1-20-14(19)9-6-7-10(16)13(8-9)21-15-17-11-4-2-3-5-12(11)18-15/h2-8H,16H2,1H3,(H,17,18). The number of nitrogen functional groups attached to an aromatic ring is 1. The third-order valence-corrected chi connectivity index (χ3v) is 3.97. The van der Waals surface area contributed by atoms with Crippen molar-refractivity contribution >= 4 is 34.5 Å². The fraction of sp³-hybridized carbons (Fsp3) is 0.0667. The quantitative estimate of drug-likeness (QED) is 0.574. The molecule has 0 saturated carbocycles. The summed E-state index contributed by atoms with van der Waals surface area (Å²) >= 11 is 1.38. The van der Waals surface area contributed by atoms with Crippen LogP contribution in [0.3, 0.4) is 0 Å². The van der Waals surface area contributed by atoms with Gasteiger partial charge in [0.05, 0.1) is 23.7 Å². The third-order valence-electron chi connectivity index (χ3n) is 3.01. The number of methoxy groups -OCH3 is 1. The van der Waals surface area contributed by atoms with Crippen LogP contribution in [0.4, 0.5) is 5.69 Å². The minimum atomic E-state index is -0.388. The topological polar surface area (TPSA) is 81.0 Å². The number of nitrogens with zero attached hydrogens (tertiary/aromatic N) is 1. The molecule has 1 heterocycles. The number of para-hydroxylation sites is 2. The van der Waals surface area contributed by atoms with Crippen molar-refractivity contribution in [1.82, 2.24) is 9.97 Å². The van der Waals surface area contributed by atoms with Crippen LogP contribution in [0, 0.1) is 0 Å². The molecule has 0 saturated heterocycles. The van der Waals surface area contributed by atoms with Gasteiger partial charge in [-0.05, 0) is 42.1 Å². The molecule has 21 heavy (non-hydrogen) atoms. The van der Waals surface area contributed by atoms with Gasteiger partial charge in [-0.1, -0.05) is 12.1 Å². The molecule has 0 radical (unpaired) electrons. The zero-order valence-corrected chi connectivity index (χ0v) is 12.1. The Labute approximate surface area is 125 Å². The van der Waals surface area contributed by atoms with E-state index in [2.05, 4.69) is 9.97 Å². The highest BCUT2D eigenvalue weighted by Crippen LogP contribution is 2.32.